The number of aryl methyl sites for hydroxylation is 1. The Kier molecular flexibility index (Phi) is 6.40. The zero-order valence-corrected chi connectivity index (χ0v) is 17.9. The maximum atomic E-state index is 14.1. The lowest BCUT2D eigenvalue weighted by Crippen LogP contribution is -2.50. The van der Waals surface area contributed by atoms with Gasteiger partial charge in [-0.2, -0.15) is 0 Å². The molecule has 1 heterocycles. The van der Waals surface area contributed by atoms with E-state index >= 15 is 0 Å². The van der Waals surface area contributed by atoms with E-state index in [2.05, 4.69) is 5.32 Å². The minimum absolute atomic E-state index is 0.0416. The number of carbonyl (C=O) groups is 3. The molecule has 0 saturated carbocycles. The van der Waals surface area contributed by atoms with Crippen LogP contribution in [0.4, 0.5) is 14.9 Å². The fraction of sp³-hybridized carbons (Fsp3) is 0.348. The quantitative estimate of drug-likeness (QED) is 0.727. The van der Waals surface area contributed by atoms with Crippen molar-refractivity contribution < 1.29 is 28.2 Å². The second-order valence-electron chi connectivity index (χ2n) is 7.88. The van der Waals surface area contributed by atoms with Gasteiger partial charge in [-0.3, -0.25) is 14.5 Å². The monoisotopic (exact) mass is 428 g/mol. The number of Topliss-reactive ketones (excluding diaryl/α,β-unsaturated/α-hetero) is 1. The van der Waals surface area contributed by atoms with Crippen LogP contribution in [0.15, 0.2) is 42.5 Å². The first kappa shape index (κ1) is 22.4. The first-order chi connectivity index (χ1) is 14.6. The average molecular weight is 428 g/mol. The standard InChI is InChI=1S/C23H25FN2O5/c1-14-10-17(19(11-18(14)24)25-15(2)27)21(28)20-13-31-23(3,4)26(20)22(29)30-12-16-8-6-5-7-9-16/h5-11,20H,12-13H2,1-4H3,(H,25,27)/t20-/m0/s1. The molecular formula is C23H25FN2O5. The smallest absolute Gasteiger partial charge is 0.413 e. The van der Waals surface area contributed by atoms with E-state index in [1.54, 1.807) is 13.8 Å². The normalized spacial score (nSPS) is 17.3. The SMILES string of the molecule is CC(=O)Nc1cc(F)c(C)cc1C(=O)[C@@H]1COC(C)(C)N1C(=O)OCc1ccccc1. The summed E-state index contributed by atoms with van der Waals surface area (Å²) in [5.74, 6) is -1.48. The van der Waals surface area contributed by atoms with Crippen molar-refractivity contribution in [3.8, 4) is 0 Å². The molecule has 0 aliphatic carbocycles. The van der Waals surface area contributed by atoms with Crippen molar-refractivity contribution in [2.75, 3.05) is 11.9 Å². The number of anilines is 1. The molecule has 31 heavy (non-hydrogen) atoms. The van der Waals surface area contributed by atoms with Crippen LogP contribution in [0.5, 0.6) is 0 Å². The van der Waals surface area contributed by atoms with Crippen LogP contribution in [0, 0.1) is 12.7 Å². The molecule has 2 amide bonds. The van der Waals surface area contributed by atoms with Gasteiger partial charge in [-0.15, -0.1) is 0 Å². The number of benzene rings is 2. The molecule has 0 bridgehead atoms. The predicted octanol–water partition coefficient (Wildman–Crippen LogP) is 4.05. The largest absolute Gasteiger partial charge is 0.444 e. The zero-order chi connectivity index (χ0) is 22.8. The van der Waals surface area contributed by atoms with Crippen molar-refractivity contribution in [2.24, 2.45) is 0 Å². The third kappa shape index (κ3) is 4.91. The highest BCUT2D eigenvalue weighted by molar-refractivity contribution is 6.08. The van der Waals surface area contributed by atoms with E-state index in [1.807, 2.05) is 30.3 Å². The fourth-order valence-corrected chi connectivity index (χ4v) is 3.49. The van der Waals surface area contributed by atoms with Crippen molar-refractivity contribution in [2.45, 2.75) is 46.1 Å². The lowest BCUT2D eigenvalue weighted by Gasteiger charge is -2.32. The molecule has 0 aromatic heterocycles. The summed E-state index contributed by atoms with van der Waals surface area (Å²) in [6.07, 6.45) is -0.704. The molecule has 8 heteroatoms. The number of carbonyl (C=O) groups excluding carboxylic acids is 3. The van der Waals surface area contributed by atoms with Crippen molar-refractivity contribution >= 4 is 23.5 Å². The van der Waals surface area contributed by atoms with Crippen LogP contribution in [0.3, 0.4) is 0 Å². The number of amides is 2. The molecule has 7 nitrogen and oxygen atoms in total. The molecule has 2 aromatic carbocycles. The Bertz CT molecular complexity index is 1010. The molecule has 1 aliphatic rings. The number of hydrogen-bond acceptors (Lipinski definition) is 5. The summed E-state index contributed by atoms with van der Waals surface area (Å²) >= 11 is 0. The van der Waals surface area contributed by atoms with Gasteiger partial charge in [0.25, 0.3) is 0 Å². The Balaban J connectivity index is 1.88. The molecule has 0 spiro atoms. The lowest BCUT2D eigenvalue weighted by molar-refractivity contribution is -0.114. The van der Waals surface area contributed by atoms with Crippen LogP contribution in [0.1, 0.15) is 42.3 Å². The van der Waals surface area contributed by atoms with Crippen molar-refractivity contribution in [3.05, 3.63) is 65.0 Å². The molecule has 3 rings (SSSR count). The maximum Gasteiger partial charge on any atom is 0.413 e. The van der Waals surface area contributed by atoms with Crippen LogP contribution < -0.4 is 5.32 Å². The van der Waals surface area contributed by atoms with Gasteiger partial charge in [-0.25, -0.2) is 9.18 Å². The van der Waals surface area contributed by atoms with Gasteiger partial charge >= 0.3 is 6.09 Å². The Morgan fingerprint density at radius 1 is 1.23 bits per heavy atom. The number of ketones is 1. The number of halogens is 1. The summed E-state index contributed by atoms with van der Waals surface area (Å²) in [7, 11) is 0. The van der Waals surface area contributed by atoms with E-state index in [1.165, 1.54) is 24.8 Å². The average Bonchev–Trinajstić information content (AvgIpc) is 3.03. The van der Waals surface area contributed by atoms with Crippen molar-refractivity contribution in [1.29, 1.82) is 0 Å². The van der Waals surface area contributed by atoms with Crippen molar-refractivity contribution in [1.82, 2.24) is 4.90 Å². The molecule has 1 fully saturated rings. The van der Waals surface area contributed by atoms with Crippen molar-refractivity contribution in [3.63, 3.8) is 0 Å². The molecule has 2 aromatic rings. The van der Waals surface area contributed by atoms with E-state index in [0.717, 1.165) is 11.6 Å². The fourth-order valence-electron chi connectivity index (χ4n) is 3.49. The van der Waals surface area contributed by atoms with E-state index in [-0.39, 0.29) is 30.0 Å². The number of hydrogen-bond donors (Lipinski definition) is 1. The Morgan fingerprint density at radius 2 is 1.90 bits per heavy atom. The molecule has 1 aliphatic heterocycles. The summed E-state index contributed by atoms with van der Waals surface area (Å²) in [6.45, 7) is 6.09. The molecule has 1 atom stereocenters. The number of ether oxygens (including phenoxy) is 2. The minimum atomic E-state index is -1.09. The van der Waals surface area contributed by atoms with Gasteiger partial charge in [-0.1, -0.05) is 30.3 Å². The molecular weight excluding hydrogens is 403 g/mol. The van der Waals surface area contributed by atoms with Crippen LogP contribution in [0.25, 0.3) is 0 Å². The Hall–Kier alpha value is -3.26. The second-order valence-corrected chi connectivity index (χ2v) is 7.88. The van der Waals surface area contributed by atoms with Gasteiger partial charge in [0.15, 0.2) is 5.78 Å². The number of rotatable bonds is 5. The highest BCUT2D eigenvalue weighted by atomic mass is 19.1. The summed E-state index contributed by atoms with van der Waals surface area (Å²) < 4.78 is 25.2. The van der Waals surface area contributed by atoms with E-state index < -0.39 is 35.4 Å². The summed E-state index contributed by atoms with van der Waals surface area (Å²) in [5.41, 5.74) is 0.105. The van der Waals surface area contributed by atoms with Gasteiger partial charge in [0.2, 0.25) is 5.91 Å². The molecule has 1 saturated heterocycles. The highest BCUT2D eigenvalue weighted by Gasteiger charge is 2.48. The van der Waals surface area contributed by atoms with Gasteiger partial charge < -0.3 is 14.8 Å². The molecule has 0 unspecified atom stereocenters. The van der Waals surface area contributed by atoms with Crippen LogP contribution in [-0.4, -0.2) is 41.1 Å². The molecule has 164 valence electrons. The molecule has 1 N–H and O–H groups in total. The first-order valence-corrected chi connectivity index (χ1v) is 9.86. The third-order valence-electron chi connectivity index (χ3n) is 5.07. The summed E-state index contributed by atoms with van der Waals surface area (Å²) in [6, 6.07) is 10.6. The number of nitrogens with zero attached hydrogens (tertiary/aromatic N) is 1. The van der Waals surface area contributed by atoms with E-state index in [9.17, 15) is 18.8 Å². The Labute approximate surface area is 180 Å². The van der Waals surface area contributed by atoms with Gasteiger partial charge in [0.05, 0.1) is 12.3 Å². The minimum Gasteiger partial charge on any atom is -0.444 e. The van der Waals surface area contributed by atoms with Gasteiger partial charge in [0.1, 0.15) is 24.2 Å². The van der Waals surface area contributed by atoms with Crippen LogP contribution in [-0.2, 0) is 20.9 Å². The summed E-state index contributed by atoms with van der Waals surface area (Å²) in [4.78, 5) is 39.1. The maximum absolute atomic E-state index is 14.1. The first-order valence-electron chi connectivity index (χ1n) is 9.86. The Morgan fingerprint density at radius 3 is 2.55 bits per heavy atom. The topological polar surface area (TPSA) is 84.9 Å². The second kappa shape index (κ2) is 8.85. The van der Waals surface area contributed by atoms with E-state index in [0.29, 0.717) is 0 Å². The number of nitrogens with one attached hydrogen (secondary N) is 1. The van der Waals surface area contributed by atoms with Gasteiger partial charge in [-0.05, 0) is 44.0 Å². The summed E-state index contributed by atoms with van der Waals surface area (Å²) in [5, 5.41) is 2.48. The van der Waals surface area contributed by atoms with Crippen LogP contribution in [0.2, 0.25) is 0 Å². The molecule has 0 radical (unpaired) electrons. The van der Waals surface area contributed by atoms with E-state index in [4.69, 9.17) is 9.47 Å². The van der Waals surface area contributed by atoms with Crippen LogP contribution >= 0.6 is 0 Å². The predicted molar refractivity (Wildman–Crippen MR) is 112 cm³/mol. The third-order valence-corrected chi connectivity index (χ3v) is 5.07. The zero-order valence-electron chi connectivity index (χ0n) is 17.9. The van der Waals surface area contributed by atoms with Gasteiger partial charge in [0, 0.05) is 12.5 Å². The highest BCUT2D eigenvalue weighted by Crippen LogP contribution is 2.32. The lowest BCUT2D eigenvalue weighted by atomic mass is 9.99.